The summed E-state index contributed by atoms with van der Waals surface area (Å²) in [5.41, 5.74) is 5.77. The van der Waals surface area contributed by atoms with Crippen molar-refractivity contribution >= 4 is 17.6 Å². The highest BCUT2D eigenvalue weighted by Crippen LogP contribution is 2.42. The number of hydrogen-bond acceptors (Lipinski definition) is 4. The van der Waals surface area contributed by atoms with Gasteiger partial charge in [-0.1, -0.05) is 57.5 Å². The summed E-state index contributed by atoms with van der Waals surface area (Å²) >= 11 is 1.98. The molecule has 0 bridgehead atoms. The van der Waals surface area contributed by atoms with Crippen LogP contribution in [0.4, 0.5) is 5.82 Å². The van der Waals surface area contributed by atoms with E-state index in [1.165, 1.54) is 22.4 Å². The van der Waals surface area contributed by atoms with E-state index >= 15 is 0 Å². The number of nitriles is 1. The van der Waals surface area contributed by atoms with E-state index in [1.54, 1.807) is 0 Å². The molecule has 0 unspecified atom stereocenters. The van der Waals surface area contributed by atoms with Crippen LogP contribution in [0.1, 0.15) is 68.5 Å². The van der Waals surface area contributed by atoms with Crippen molar-refractivity contribution in [2.24, 2.45) is 0 Å². The van der Waals surface area contributed by atoms with Crippen molar-refractivity contribution in [1.82, 2.24) is 4.98 Å². The number of benzene rings is 1. The van der Waals surface area contributed by atoms with E-state index in [0.717, 1.165) is 49.2 Å². The second-order valence-electron chi connectivity index (χ2n) is 8.41. The maximum atomic E-state index is 9.98. The van der Waals surface area contributed by atoms with Crippen molar-refractivity contribution in [3.63, 3.8) is 0 Å². The van der Waals surface area contributed by atoms with Crippen LogP contribution in [0.15, 0.2) is 30.3 Å². The van der Waals surface area contributed by atoms with Crippen LogP contribution < -0.4 is 5.32 Å². The lowest BCUT2D eigenvalue weighted by Crippen LogP contribution is -2.28. The molecule has 1 aromatic carbocycles. The highest BCUT2D eigenvalue weighted by atomic mass is 32.2. The molecule has 0 spiro atoms. The number of anilines is 1. The summed E-state index contributed by atoms with van der Waals surface area (Å²) in [7, 11) is 0. The molecule has 1 aliphatic rings. The normalized spacial score (nSPS) is 16.1. The van der Waals surface area contributed by atoms with E-state index in [0.29, 0.717) is 0 Å². The second kappa shape index (κ2) is 9.01. The number of rotatable bonds is 7. The zero-order chi connectivity index (χ0) is 20.1. The SMILES string of the molecule is CCCCc1nc(N[C@@H](C)Cc2ccccc2)c(C#N)c2c1CSC(C)(C)C2. The highest BCUT2D eigenvalue weighted by molar-refractivity contribution is 7.99. The molecular formula is C24H31N3S. The standard InChI is InChI=1S/C24H31N3S/c1-5-6-12-22-21-16-28-24(3,4)14-19(21)20(15-25)23(27-22)26-17(2)13-18-10-8-7-9-11-18/h7-11,17H,5-6,12-14,16H2,1-4H3,(H,26,27)/t17-/m0/s1. The zero-order valence-electron chi connectivity index (χ0n) is 17.5. The maximum absolute atomic E-state index is 9.98. The van der Waals surface area contributed by atoms with Crippen molar-refractivity contribution in [3.05, 3.63) is 58.3 Å². The fourth-order valence-electron chi connectivity index (χ4n) is 3.86. The topological polar surface area (TPSA) is 48.7 Å². The van der Waals surface area contributed by atoms with E-state index in [2.05, 4.69) is 63.3 Å². The number of pyridine rings is 1. The lowest BCUT2D eigenvalue weighted by atomic mass is 9.91. The van der Waals surface area contributed by atoms with E-state index in [-0.39, 0.29) is 10.8 Å². The first-order valence-corrected chi connectivity index (χ1v) is 11.3. The van der Waals surface area contributed by atoms with Crippen LogP contribution in [0.5, 0.6) is 0 Å². The summed E-state index contributed by atoms with van der Waals surface area (Å²) in [6.45, 7) is 8.94. The average molecular weight is 394 g/mol. The van der Waals surface area contributed by atoms with Crippen molar-refractivity contribution in [3.8, 4) is 6.07 Å². The third-order valence-electron chi connectivity index (χ3n) is 5.35. The molecule has 0 saturated carbocycles. The number of aromatic nitrogens is 1. The molecule has 1 aromatic heterocycles. The Bertz CT molecular complexity index is 852. The zero-order valence-corrected chi connectivity index (χ0v) is 18.3. The van der Waals surface area contributed by atoms with E-state index in [9.17, 15) is 5.26 Å². The van der Waals surface area contributed by atoms with Gasteiger partial charge in [-0.2, -0.15) is 17.0 Å². The summed E-state index contributed by atoms with van der Waals surface area (Å²) in [6, 6.07) is 13.2. The number of unbranched alkanes of at least 4 members (excludes halogenated alkanes) is 1. The molecule has 148 valence electrons. The first-order chi connectivity index (χ1) is 13.4. The lowest BCUT2D eigenvalue weighted by molar-refractivity contribution is 0.681. The van der Waals surface area contributed by atoms with Gasteiger partial charge in [-0.15, -0.1) is 0 Å². The van der Waals surface area contributed by atoms with Crippen LogP contribution in [0, 0.1) is 11.3 Å². The second-order valence-corrected chi connectivity index (χ2v) is 10.1. The summed E-state index contributed by atoms with van der Waals surface area (Å²) in [4.78, 5) is 4.98. The minimum Gasteiger partial charge on any atom is -0.366 e. The van der Waals surface area contributed by atoms with Crippen molar-refractivity contribution < 1.29 is 0 Å². The molecule has 2 heterocycles. The molecule has 2 aromatic rings. The van der Waals surface area contributed by atoms with E-state index < -0.39 is 0 Å². The van der Waals surface area contributed by atoms with Crippen molar-refractivity contribution in [2.45, 2.75) is 76.3 Å². The van der Waals surface area contributed by atoms with Gasteiger partial charge in [0.25, 0.3) is 0 Å². The van der Waals surface area contributed by atoms with Crippen LogP contribution in [0.3, 0.4) is 0 Å². The van der Waals surface area contributed by atoms with Gasteiger partial charge in [0.1, 0.15) is 11.9 Å². The molecule has 0 aliphatic carbocycles. The van der Waals surface area contributed by atoms with Gasteiger partial charge in [0.2, 0.25) is 0 Å². The highest BCUT2D eigenvalue weighted by Gasteiger charge is 2.31. The number of hydrogen-bond donors (Lipinski definition) is 1. The predicted molar refractivity (Wildman–Crippen MR) is 120 cm³/mol. The number of thioether (sulfide) groups is 1. The third kappa shape index (κ3) is 4.89. The molecule has 4 heteroatoms. The molecule has 0 radical (unpaired) electrons. The number of aryl methyl sites for hydroxylation is 1. The largest absolute Gasteiger partial charge is 0.366 e. The molecule has 1 atom stereocenters. The Morgan fingerprint density at radius 2 is 2.00 bits per heavy atom. The van der Waals surface area contributed by atoms with Gasteiger partial charge >= 0.3 is 0 Å². The summed E-state index contributed by atoms with van der Waals surface area (Å²) < 4.78 is 0.162. The number of nitrogens with one attached hydrogen (secondary N) is 1. The van der Waals surface area contributed by atoms with Gasteiger partial charge in [0, 0.05) is 22.2 Å². The summed E-state index contributed by atoms with van der Waals surface area (Å²) in [6.07, 6.45) is 5.13. The smallest absolute Gasteiger partial charge is 0.144 e. The van der Waals surface area contributed by atoms with E-state index in [4.69, 9.17) is 4.98 Å². The number of fused-ring (bicyclic) bond motifs is 1. The van der Waals surface area contributed by atoms with Crippen LogP contribution in [-0.4, -0.2) is 15.8 Å². The Balaban J connectivity index is 1.94. The van der Waals surface area contributed by atoms with Crippen LogP contribution in [-0.2, 0) is 25.0 Å². The van der Waals surface area contributed by atoms with Gasteiger partial charge < -0.3 is 5.32 Å². The third-order valence-corrected chi connectivity index (χ3v) is 6.71. The molecule has 3 nitrogen and oxygen atoms in total. The van der Waals surface area contributed by atoms with Crippen molar-refractivity contribution in [1.29, 1.82) is 5.26 Å². The van der Waals surface area contributed by atoms with Gasteiger partial charge in [-0.25, -0.2) is 4.98 Å². The number of nitrogens with zero attached hydrogens (tertiary/aromatic N) is 2. The molecule has 0 saturated heterocycles. The molecule has 28 heavy (non-hydrogen) atoms. The Labute approximate surface area is 174 Å². The first-order valence-electron chi connectivity index (χ1n) is 10.3. The Kier molecular flexibility index (Phi) is 6.67. The molecular weight excluding hydrogens is 362 g/mol. The van der Waals surface area contributed by atoms with E-state index in [1.807, 2.05) is 17.8 Å². The Hall–Kier alpha value is -1.99. The minimum absolute atomic E-state index is 0.162. The molecule has 3 rings (SSSR count). The average Bonchev–Trinajstić information content (AvgIpc) is 2.66. The van der Waals surface area contributed by atoms with Gasteiger partial charge in [-0.3, -0.25) is 0 Å². The summed E-state index contributed by atoms with van der Waals surface area (Å²) in [5.74, 6) is 1.74. The monoisotopic (exact) mass is 393 g/mol. The van der Waals surface area contributed by atoms with Gasteiger partial charge in [0.15, 0.2) is 0 Å². The van der Waals surface area contributed by atoms with Gasteiger partial charge in [0.05, 0.1) is 5.56 Å². The minimum atomic E-state index is 0.162. The molecule has 0 amide bonds. The molecule has 0 fully saturated rings. The lowest BCUT2D eigenvalue weighted by Gasteiger charge is -2.33. The fourth-order valence-corrected chi connectivity index (χ4v) is 4.99. The predicted octanol–water partition coefficient (Wildman–Crippen LogP) is 5.91. The molecule has 1 aliphatic heterocycles. The van der Waals surface area contributed by atoms with Gasteiger partial charge in [-0.05, 0) is 49.3 Å². The Morgan fingerprint density at radius 1 is 1.25 bits per heavy atom. The summed E-state index contributed by atoms with van der Waals surface area (Å²) in [5, 5.41) is 13.5. The van der Waals surface area contributed by atoms with Crippen LogP contribution in [0.25, 0.3) is 0 Å². The van der Waals surface area contributed by atoms with Crippen LogP contribution in [0.2, 0.25) is 0 Å². The Morgan fingerprint density at radius 3 is 2.68 bits per heavy atom. The molecule has 1 N–H and O–H groups in total. The first kappa shape index (κ1) is 20.7. The fraction of sp³-hybridized carbons (Fsp3) is 0.500. The quantitative estimate of drug-likeness (QED) is 0.635. The van der Waals surface area contributed by atoms with Crippen molar-refractivity contribution in [2.75, 3.05) is 5.32 Å². The van der Waals surface area contributed by atoms with Crippen LogP contribution >= 0.6 is 11.8 Å². The maximum Gasteiger partial charge on any atom is 0.144 e.